The Morgan fingerprint density at radius 2 is 2.09 bits per heavy atom. The van der Waals surface area contributed by atoms with Crippen LogP contribution in [-0.4, -0.2) is 67.1 Å². The summed E-state index contributed by atoms with van der Waals surface area (Å²) < 4.78 is 5.34. The second-order valence-electron chi connectivity index (χ2n) is 5.81. The lowest BCUT2D eigenvalue weighted by Crippen LogP contribution is -2.42. The highest BCUT2D eigenvalue weighted by atomic mass is 16.5. The lowest BCUT2D eigenvalue weighted by Gasteiger charge is -2.28. The minimum Gasteiger partial charge on any atom is -0.379 e. The van der Waals surface area contributed by atoms with Crippen molar-refractivity contribution in [3.8, 4) is 0 Å². The lowest BCUT2D eigenvalue weighted by molar-refractivity contribution is -0.129. The molecular weight excluding hydrogens is 278 g/mol. The average molecular weight is 301 g/mol. The molecule has 3 rings (SSSR count). The van der Waals surface area contributed by atoms with Crippen molar-refractivity contribution in [3.63, 3.8) is 0 Å². The second kappa shape index (κ2) is 6.94. The molecule has 5 nitrogen and oxygen atoms in total. The van der Waals surface area contributed by atoms with E-state index in [0.717, 1.165) is 55.9 Å². The molecule has 1 amide bonds. The molecule has 5 heteroatoms. The highest BCUT2D eigenvalue weighted by Gasteiger charge is 2.15. The number of morpholine rings is 1. The first-order chi connectivity index (χ1) is 10.7. The molecular formula is C17H23N3O2. The van der Waals surface area contributed by atoms with Crippen LogP contribution in [-0.2, 0) is 16.0 Å². The third-order valence-electron chi connectivity index (χ3n) is 4.30. The van der Waals surface area contributed by atoms with Gasteiger partial charge < -0.3 is 14.6 Å². The van der Waals surface area contributed by atoms with Gasteiger partial charge in [-0.3, -0.25) is 9.69 Å². The van der Waals surface area contributed by atoms with Gasteiger partial charge in [-0.05, 0) is 11.6 Å². The molecule has 2 aromatic rings. The van der Waals surface area contributed by atoms with Crippen molar-refractivity contribution in [2.75, 3.05) is 46.4 Å². The number of benzene rings is 1. The summed E-state index contributed by atoms with van der Waals surface area (Å²) in [6.07, 6.45) is 2.39. The quantitative estimate of drug-likeness (QED) is 0.910. The van der Waals surface area contributed by atoms with Crippen LogP contribution in [0.2, 0.25) is 0 Å². The van der Waals surface area contributed by atoms with Gasteiger partial charge in [0.1, 0.15) is 0 Å². The number of ether oxygens (including phenoxy) is 1. The summed E-state index contributed by atoms with van der Waals surface area (Å²) in [5.74, 6) is 0.165. The summed E-state index contributed by atoms with van der Waals surface area (Å²) >= 11 is 0. The Labute approximate surface area is 130 Å². The number of H-pyrrole nitrogens is 1. The largest absolute Gasteiger partial charge is 0.379 e. The summed E-state index contributed by atoms with van der Waals surface area (Å²) in [5.41, 5.74) is 2.15. The molecule has 0 bridgehead atoms. The van der Waals surface area contributed by atoms with Gasteiger partial charge in [-0.25, -0.2) is 0 Å². The number of aromatic amines is 1. The van der Waals surface area contributed by atoms with E-state index in [1.807, 2.05) is 36.3 Å². The lowest BCUT2D eigenvalue weighted by atomic mass is 10.1. The van der Waals surface area contributed by atoms with Crippen LogP contribution < -0.4 is 0 Å². The number of amides is 1. The normalized spacial score (nSPS) is 16.0. The molecule has 22 heavy (non-hydrogen) atoms. The molecule has 0 unspecified atom stereocenters. The topological polar surface area (TPSA) is 48.6 Å². The fraction of sp³-hybridized carbons (Fsp3) is 0.471. The molecule has 1 aliphatic heterocycles. The number of fused-ring (bicyclic) bond motifs is 1. The second-order valence-corrected chi connectivity index (χ2v) is 5.81. The number of nitrogens with zero attached hydrogens (tertiary/aromatic N) is 2. The van der Waals surface area contributed by atoms with E-state index in [-0.39, 0.29) is 5.91 Å². The van der Waals surface area contributed by atoms with E-state index < -0.39 is 0 Å². The van der Waals surface area contributed by atoms with Gasteiger partial charge in [0, 0.05) is 50.3 Å². The number of rotatable bonds is 5. The number of hydrogen-bond acceptors (Lipinski definition) is 3. The third kappa shape index (κ3) is 3.48. The molecule has 0 aliphatic carbocycles. The Hall–Kier alpha value is -1.85. The molecule has 1 saturated heterocycles. The molecule has 0 radical (unpaired) electrons. The summed E-state index contributed by atoms with van der Waals surface area (Å²) in [6.45, 7) is 5.20. The number of carbonyl (C=O) groups is 1. The minimum atomic E-state index is 0.165. The van der Waals surface area contributed by atoms with Crippen LogP contribution in [0.15, 0.2) is 30.5 Å². The SMILES string of the molecule is CN(CCN1CCOCC1)C(=O)Cc1c[nH]c2ccccc12. The molecule has 0 spiro atoms. The van der Waals surface area contributed by atoms with E-state index in [4.69, 9.17) is 4.74 Å². The highest BCUT2D eigenvalue weighted by molar-refractivity contribution is 5.88. The Morgan fingerprint density at radius 3 is 2.91 bits per heavy atom. The Balaban J connectivity index is 1.54. The standard InChI is InChI=1S/C17H23N3O2/c1-19(6-7-20-8-10-22-11-9-20)17(21)12-14-13-18-16-5-3-2-4-15(14)16/h2-5,13,18H,6-12H2,1H3. The van der Waals surface area contributed by atoms with Crippen LogP contribution >= 0.6 is 0 Å². The van der Waals surface area contributed by atoms with Gasteiger partial charge >= 0.3 is 0 Å². The van der Waals surface area contributed by atoms with Crippen LogP contribution in [0.25, 0.3) is 10.9 Å². The smallest absolute Gasteiger partial charge is 0.226 e. The van der Waals surface area contributed by atoms with Crippen LogP contribution in [0, 0.1) is 0 Å². The van der Waals surface area contributed by atoms with Crippen LogP contribution in [0.1, 0.15) is 5.56 Å². The third-order valence-corrected chi connectivity index (χ3v) is 4.30. The number of likely N-dealkylation sites (N-methyl/N-ethyl adjacent to an activating group) is 1. The summed E-state index contributed by atoms with van der Waals surface area (Å²) in [7, 11) is 1.89. The van der Waals surface area contributed by atoms with Crippen LogP contribution in [0.3, 0.4) is 0 Å². The minimum absolute atomic E-state index is 0.165. The Bertz CT molecular complexity index is 632. The molecule has 1 fully saturated rings. The van der Waals surface area contributed by atoms with Crippen molar-refractivity contribution in [1.29, 1.82) is 0 Å². The molecule has 0 atom stereocenters. The maximum atomic E-state index is 12.4. The summed E-state index contributed by atoms with van der Waals surface area (Å²) in [5, 5.41) is 1.14. The van der Waals surface area contributed by atoms with Crippen molar-refractivity contribution in [1.82, 2.24) is 14.8 Å². The maximum Gasteiger partial charge on any atom is 0.226 e. The van der Waals surface area contributed by atoms with E-state index in [2.05, 4.69) is 16.0 Å². The fourth-order valence-electron chi connectivity index (χ4n) is 2.82. The van der Waals surface area contributed by atoms with E-state index in [0.29, 0.717) is 6.42 Å². The molecule has 1 aromatic heterocycles. The van der Waals surface area contributed by atoms with Crippen LogP contribution in [0.5, 0.6) is 0 Å². The molecule has 1 aromatic carbocycles. The zero-order valence-corrected chi connectivity index (χ0v) is 13.0. The van der Waals surface area contributed by atoms with Gasteiger partial charge in [0.2, 0.25) is 5.91 Å². The van der Waals surface area contributed by atoms with Crippen molar-refractivity contribution in [2.45, 2.75) is 6.42 Å². The van der Waals surface area contributed by atoms with Gasteiger partial charge in [0.25, 0.3) is 0 Å². The van der Waals surface area contributed by atoms with Gasteiger partial charge in [-0.1, -0.05) is 18.2 Å². The van der Waals surface area contributed by atoms with Crippen LogP contribution in [0.4, 0.5) is 0 Å². The van der Waals surface area contributed by atoms with Gasteiger partial charge in [0.15, 0.2) is 0 Å². The van der Waals surface area contributed by atoms with E-state index in [1.165, 1.54) is 0 Å². The predicted octanol–water partition coefficient (Wildman–Crippen LogP) is 1.50. The zero-order valence-electron chi connectivity index (χ0n) is 13.0. The van der Waals surface area contributed by atoms with Gasteiger partial charge in [-0.2, -0.15) is 0 Å². The number of carbonyl (C=O) groups excluding carboxylic acids is 1. The Kier molecular flexibility index (Phi) is 4.75. The molecule has 1 N–H and O–H groups in total. The van der Waals surface area contributed by atoms with E-state index >= 15 is 0 Å². The number of aromatic nitrogens is 1. The van der Waals surface area contributed by atoms with E-state index in [1.54, 1.807) is 0 Å². The molecule has 2 heterocycles. The average Bonchev–Trinajstić information content (AvgIpc) is 2.97. The van der Waals surface area contributed by atoms with Crippen molar-refractivity contribution < 1.29 is 9.53 Å². The van der Waals surface area contributed by atoms with Crippen molar-refractivity contribution in [3.05, 3.63) is 36.0 Å². The monoisotopic (exact) mass is 301 g/mol. The van der Waals surface area contributed by atoms with E-state index in [9.17, 15) is 4.79 Å². The predicted molar refractivity (Wildman–Crippen MR) is 86.9 cm³/mol. The van der Waals surface area contributed by atoms with Gasteiger partial charge in [0.05, 0.1) is 19.6 Å². The fourth-order valence-corrected chi connectivity index (χ4v) is 2.82. The van der Waals surface area contributed by atoms with Gasteiger partial charge in [-0.15, -0.1) is 0 Å². The first kappa shape index (κ1) is 15.1. The Morgan fingerprint density at radius 1 is 1.32 bits per heavy atom. The van der Waals surface area contributed by atoms with Crippen molar-refractivity contribution >= 4 is 16.8 Å². The zero-order chi connectivity index (χ0) is 15.4. The first-order valence-corrected chi connectivity index (χ1v) is 7.83. The first-order valence-electron chi connectivity index (χ1n) is 7.83. The summed E-state index contributed by atoms with van der Waals surface area (Å²) in [6, 6.07) is 8.10. The molecule has 0 saturated carbocycles. The number of nitrogens with one attached hydrogen (secondary N) is 1. The number of hydrogen-bond donors (Lipinski definition) is 1. The summed E-state index contributed by atoms with van der Waals surface area (Å²) in [4.78, 5) is 19.8. The molecule has 1 aliphatic rings. The maximum absolute atomic E-state index is 12.4. The molecule has 118 valence electrons. The van der Waals surface area contributed by atoms with Crippen molar-refractivity contribution in [2.24, 2.45) is 0 Å². The number of para-hydroxylation sites is 1. The highest BCUT2D eigenvalue weighted by Crippen LogP contribution is 2.18.